The van der Waals surface area contributed by atoms with E-state index in [-0.39, 0.29) is 17.4 Å². The lowest BCUT2D eigenvalue weighted by atomic mass is 9.86. The lowest BCUT2D eigenvalue weighted by Gasteiger charge is -2.31. The molecule has 2 aromatic heterocycles. The van der Waals surface area contributed by atoms with Crippen LogP contribution in [-0.2, 0) is 30.2 Å². The highest BCUT2D eigenvalue weighted by molar-refractivity contribution is 7.09. The van der Waals surface area contributed by atoms with Gasteiger partial charge in [0.05, 0.1) is 11.7 Å². The Hall–Kier alpha value is -1.69. The second kappa shape index (κ2) is 5.99. The van der Waals surface area contributed by atoms with Crippen LogP contribution in [-0.4, -0.2) is 20.7 Å². The summed E-state index contributed by atoms with van der Waals surface area (Å²) < 4.78 is 1.92. The van der Waals surface area contributed by atoms with Crippen molar-refractivity contribution in [2.24, 2.45) is 13.0 Å². The predicted molar refractivity (Wildman–Crippen MR) is 93.9 cm³/mol. The molecule has 0 radical (unpaired) electrons. The highest BCUT2D eigenvalue weighted by atomic mass is 32.1. The third kappa shape index (κ3) is 2.66. The Labute approximate surface area is 146 Å². The third-order valence-corrected chi connectivity index (χ3v) is 6.73. The number of carbonyl (C=O) groups excluding carboxylic acids is 1. The fraction of sp³-hybridized carbons (Fsp3) is 0.611. The van der Waals surface area contributed by atoms with Gasteiger partial charge in [-0.25, -0.2) is 4.98 Å². The summed E-state index contributed by atoms with van der Waals surface area (Å²) in [5, 5.41) is 10.9. The van der Waals surface area contributed by atoms with Crippen LogP contribution in [0.5, 0.6) is 0 Å². The summed E-state index contributed by atoms with van der Waals surface area (Å²) in [6, 6.07) is 0. The van der Waals surface area contributed by atoms with Gasteiger partial charge < -0.3 is 5.32 Å². The van der Waals surface area contributed by atoms with E-state index in [1.54, 1.807) is 11.3 Å². The zero-order valence-electron chi connectivity index (χ0n) is 14.3. The Morgan fingerprint density at radius 3 is 2.92 bits per heavy atom. The molecule has 2 aliphatic carbocycles. The maximum Gasteiger partial charge on any atom is 0.224 e. The SMILES string of the molecule is Cc1csc(C2(NC(=O)[C@H]3CCc4cnn(C)c4C3)CCCC2)n1. The van der Waals surface area contributed by atoms with Gasteiger partial charge in [0.15, 0.2) is 0 Å². The molecule has 2 aromatic rings. The quantitative estimate of drug-likeness (QED) is 0.931. The van der Waals surface area contributed by atoms with Gasteiger partial charge in [0.2, 0.25) is 5.91 Å². The number of carbonyl (C=O) groups is 1. The Balaban J connectivity index is 1.53. The molecule has 4 rings (SSSR count). The van der Waals surface area contributed by atoms with E-state index in [4.69, 9.17) is 4.98 Å². The molecule has 24 heavy (non-hydrogen) atoms. The molecule has 0 bridgehead atoms. The maximum absolute atomic E-state index is 13.0. The smallest absolute Gasteiger partial charge is 0.224 e. The number of aryl methyl sites for hydroxylation is 3. The fourth-order valence-corrected chi connectivity index (χ4v) is 5.16. The summed E-state index contributed by atoms with van der Waals surface area (Å²) in [7, 11) is 1.97. The number of hydrogen-bond donors (Lipinski definition) is 1. The zero-order chi connectivity index (χ0) is 16.7. The molecule has 0 spiro atoms. The van der Waals surface area contributed by atoms with Crippen LogP contribution in [0.15, 0.2) is 11.6 Å². The first-order valence-corrected chi connectivity index (χ1v) is 9.70. The molecular formula is C18H24N4OS. The normalized spacial score (nSPS) is 22.3. The molecular weight excluding hydrogens is 320 g/mol. The van der Waals surface area contributed by atoms with Crippen molar-refractivity contribution in [2.75, 3.05) is 0 Å². The van der Waals surface area contributed by atoms with Crippen LogP contribution >= 0.6 is 11.3 Å². The van der Waals surface area contributed by atoms with E-state index in [0.717, 1.165) is 55.6 Å². The van der Waals surface area contributed by atoms with E-state index in [1.165, 1.54) is 11.3 Å². The molecule has 2 aliphatic rings. The van der Waals surface area contributed by atoms with E-state index in [2.05, 4.69) is 15.8 Å². The first kappa shape index (κ1) is 15.8. The number of nitrogens with one attached hydrogen (secondary N) is 1. The Bertz CT molecular complexity index is 757. The molecule has 0 aliphatic heterocycles. The third-order valence-electron chi connectivity index (χ3n) is 5.57. The van der Waals surface area contributed by atoms with Gasteiger partial charge in [0, 0.05) is 36.2 Å². The molecule has 0 saturated heterocycles. The molecule has 0 unspecified atom stereocenters. The van der Waals surface area contributed by atoms with Crippen molar-refractivity contribution >= 4 is 17.2 Å². The van der Waals surface area contributed by atoms with Crippen LogP contribution in [0, 0.1) is 12.8 Å². The number of aromatic nitrogens is 3. The summed E-state index contributed by atoms with van der Waals surface area (Å²) in [6.07, 6.45) is 8.95. The second-order valence-corrected chi connectivity index (χ2v) is 8.11. The highest BCUT2D eigenvalue weighted by Crippen LogP contribution is 2.40. The van der Waals surface area contributed by atoms with E-state index in [1.807, 2.05) is 24.9 Å². The maximum atomic E-state index is 13.0. The highest BCUT2D eigenvalue weighted by Gasteiger charge is 2.41. The lowest BCUT2D eigenvalue weighted by molar-refractivity contribution is -0.127. The van der Waals surface area contributed by atoms with E-state index >= 15 is 0 Å². The van der Waals surface area contributed by atoms with Crippen LogP contribution in [0.4, 0.5) is 0 Å². The van der Waals surface area contributed by atoms with Crippen LogP contribution in [0.1, 0.15) is 54.1 Å². The second-order valence-electron chi connectivity index (χ2n) is 7.25. The Morgan fingerprint density at radius 2 is 2.21 bits per heavy atom. The van der Waals surface area contributed by atoms with Crippen molar-refractivity contribution in [3.05, 3.63) is 33.5 Å². The van der Waals surface area contributed by atoms with Crippen molar-refractivity contribution in [1.82, 2.24) is 20.1 Å². The molecule has 0 aromatic carbocycles. The average Bonchev–Trinajstić information content (AvgIpc) is 3.29. The fourth-order valence-electron chi connectivity index (χ4n) is 4.15. The summed E-state index contributed by atoms with van der Waals surface area (Å²) in [4.78, 5) is 17.7. The van der Waals surface area contributed by atoms with E-state index in [0.29, 0.717) is 0 Å². The van der Waals surface area contributed by atoms with Gasteiger partial charge in [0.1, 0.15) is 5.01 Å². The van der Waals surface area contributed by atoms with Gasteiger partial charge >= 0.3 is 0 Å². The van der Waals surface area contributed by atoms with Crippen molar-refractivity contribution in [2.45, 2.75) is 57.4 Å². The monoisotopic (exact) mass is 344 g/mol. The Morgan fingerprint density at radius 1 is 1.42 bits per heavy atom. The van der Waals surface area contributed by atoms with Crippen molar-refractivity contribution in [3.8, 4) is 0 Å². The molecule has 1 fully saturated rings. The van der Waals surface area contributed by atoms with Crippen LogP contribution in [0.2, 0.25) is 0 Å². The Kier molecular flexibility index (Phi) is 3.95. The van der Waals surface area contributed by atoms with Gasteiger partial charge in [0.25, 0.3) is 0 Å². The molecule has 128 valence electrons. The number of rotatable bonds is 3. The predicted octanol–water partition coefficient (Wildman–Crippen LogP) is 2.88. The first-order chi connectivity index (χ1) is 11.6. The van der Waals surface area contributed by atoms with Gasteiger partial charge in [-0.3, -0.25) is 9.48 Å². The van der Waals surface area contributed by atoms with Gasteiger partial charge in [-0.05, 0) is 38.2 Å². The minimum absolute atomic E-state index is 0.0476. The zero-order valence-corrected chi connectivity index (χ0v) is 15.2. The van der Waals surface area contributed by atoms with Crippen LogP contribution < -0.4 is 5.32 Å². The number of amides is 1. The topological polar surface area (TPSA) is 59.8 Å². The summed E-state index contributed by atoms with van der Waals surface area (Å²) in [5.41, 5.74) is 3.33. The molecule has 1 atom stereocenters. The van der Waals surface area contributed by atoms with E-state index in [9.17, 15) is 4.79 Å². The van der Waals surface area contributed by atoms with Crippen LogP contribution in [0.3, 0.4) is 0 Å². The van der Waals surface area contributed by atoms with Gasteiger partial charge in [-0.1, -0.05) is 12.8 Å². The summed E-state index contributed by atoms with van der Waals surface area (Å²) >= 11 is 1.69. The minimum Gasteiger partial charge on any atom is -0.344 e. The molecule has 2 heterocycles. The summed E-state index contributed by atoms with van der Waals surface area (Å²) in [6.45, 7) is 2.02. The molecule has 5 nitrogen and oxygen atoms in total. The number of nitrogens with zero attached hydrogens (tertiary/aromatic N) is 3. The number of fused-ring (bicyclic) bond motifs is 1. The average molecular weight is 344 g/mol. The lowest BCUT2D eigenvalue weighted by Crippen LogP contribution is -2.47. The van der Waals surface area contributed by atoms with Crippen molar-refractivity contribution in [3.63, 3.8) is 0 Å². The van der Waals surface area contributed by atoms with Crippen molar-refractivity contribution < 1.29 is 4.79 Å². The number of thiazole rings is 1. The van der Waals surface area contributed by atoms with Crippen LogP contribution in [0.25, 0.3) is 0 Å². The first-order valence-electron chi connectivity index (χ1n) is 8.82. The minimum atomic E-state index is -0.233. The number of hydrogen-bond acceptors (Lipinski definition) is 4. The molecule has 1 saturated carbocycles. The largest absolute Gasteiger partial charge is 0.344 e. The molecule has 1 N–H and O–H groups in total. The summed E-state index contributed by atoms with van der Waals surface area (Å²) in [5.74, 6) is 0.239. The molecule has 1 amide bonds. The van der Waals surface area contributed by atoms with Crippen molar-refractivity contribution in [1.29, 1.82) is 0 Å². The molecule has 6 heteroatoms. The van der Waals surface area contributed by atoms with Gasteiger partial charge in [-0.2, -0.15) is 5.10 Å². The van der Waals surface area contributed by atoms with Gasteiger partial charge in [-0.15, -0.1) is 11.3 Å². The van der Waals surface area contributed by atoms with E-state index < -0.39 is 0 Å². The standard InChI is InChI=1S/C18H24N4OS/c1-12-11-24-17(20-12)18(7-3-4-8-18)21-16(23)13-5-6-14-10-19-22(2)15(14)9-13/h10-11,13H,3-9H2,1-2H3,(H,21,23)/t13-/m0/s1.